The van der Waals surface area contributed by atoms with Crippen LogP contribution in [0.1, 0.15) is 5.69 Å². The molecular weight excluding hydrogens is 348 g/mol. The van der Waals surface area contributed by atoms with Crippen molar-refractivity contribution in [1.82, 2.24) is 15.0 Å². The summed E-state index contributed by atoms with van der Waals surface area (Å²) in [5, 5.41) is 18.9. The fourth-order valence-electron chi connectivity index (χ4n) is 3.12. The van der Waals surface area contributed by atoms with Crippen LogP contribution in [0.4, 0.5) is 11.5 Å². The third-order valence-corrected chi connectivity index (χ3v) is 4.68. The monoisotopic (exact) mass is 364 g/mol. The molecule has 3 aromatic rings. The smallest absolute Gasteiger partial charge is 0.207 e. The molecule has 2 aromatic carbocycles. The van der Waals surface area contributed by atoms with Crippen molar-refractivity contribution in [3.63, 3.8) is 0 Å². The van der Waals surface area contributed by atoms with Gasteiger partial charge in [-0.25, -0.2) is 0 Å². The van der Waals surface area contributed by atoms with Crippen LogP contribution in [0.3, 0.4) is 0 Å². The highest BCUT2D eigenvalue weighted by atomic mass is 35.5. The zero-order valence-corrected chi connectivity index (χ0v) is 14.8. The van der Waals surface area contributed by atoms with E-state index in [1.807, 2.05) is 30.3 Å². The number of aromatic nitrogens is 3. The van der Waals surface area contributed by atoms with Crippen LogP contribution in [0.5, 0.6) is 0 Å². The first-order chi connectivity index (χ1) is 12.7. The number of hydrogen-bond donors (Lipinski definition) is 0. The predicted molar refractivity (Wildman–Crippen MR) is 102 cm³/mol. The summed E-state index contributed by atoms with van der Waals surface area (Å²) in [5.41, 5.74) is 2.29. The SMILES string of the molecule is N#Cc1nn(-c2cccc(Cl)c2)nc1N1CCN(c2ccccc2)CC1. The maximum absolute atomic E-state index is 9.46. The molecule has 1 saturated heterocycles. The molecule has 0 spiro atoms. The van der Waals surface area contributed by atoms with Gasteiger partial charge in [0.25, 0.3) is 0 Å². The van der Waals surface area contributed by atoms with Crippen molar-refractivity contribution in [3.05, 3.63) is 65.3 Å². The van der Waals surface area contributed by atoms with Crippen LogP contribution < -0.4 is 9.80 Å². The van der Waals surface area contributed by atoms with E-state index in [1.54, 1.807) is 12.1 Å². The molecule has 130 valence electrons. The summed E-state index contributed by atoms with van der Waals surface area (Å²) < 4.78 is 0. The highest BCUT2D eigenvalue weighted by Gasteiger charge is 2.23. The van der Waals surface area contributed by atoms with Crippen molar-refractivity contribution in [1.29, 1.82) is 5.26 Å². The fourth-order valence-corrected chi connectivity index (χ4v) is 3.30. The molecule has 0 bridgehead atoms. The van der Waals surface area contributed by atoms with Crippen molar-refractivity contribution in [2.75, 3.05) is 36.0 Å². The lowest BCUT2D eigenvalue weighted by molar-refractivity contribution is 0.641. The van der Waals surface area contributed by atoms with Crippen molar-refractivity contribution in [2.24, 2.45) is 0 Å². The average molecular weight is 365 g/mol. The second-order valence-electron chi connectivity index (χ2n) is 6.06. The summed E-state index contributed by atoms with van der Waals surface area (Å²) in [4.78, 5) is 5.93. The Morgan fingerprint density at radius 2 is 1.54 bits per heavy atom. The highest BCUT2D eigenvalue weighted by Crippen LogP contribution is 2.22. The van der Waals surface area contributed by atoms with Gasteiger partial charge in [0, 0.05) is 36.9 Å². The first kappa shape index (κ1) is 16.4. The lowest BCUT2D eigenvalue weighted by Gasteiger charge is -2.36. The standard InChI is InChI=1S/C19H17ClN6/c20-15-5-4-8-17(13-15)26-22-18(14-21)19(23-26)25-11-9-24(10-12-25)16-6-2-1-3-7-16/h1-8,13H,9-12H2. The van der Waals surface area contributed by atoms with Crippen molar-refractivity contribution < 1.29 is 0 Å². The zero-order chi connectivity index (χ0) is 17.9. The van der Waals surface area contributed by atoms with E-state index >= 15 is 0 Å². The molecule has 4 rings (SSSR count). The summed E-state index contributed by atoms with van der Waals surface area (Å²) in [7, 11) is 0. The lowest BCUT2D eigenvalue weighted by Crippen LogP contribution is -2.47. The normalized spacial score (nSPS) is 14.3. The number of nitriles is 1. The van der Waals surface area contributed by atoms with Crippen LogP contribution in [0.15, 0.2) is 54.6 Å². The lowest BCUT2D eigenvalue weighted by atomic mass is 10.2. The number of anilines is 2. The van der Waals surface area contributed by atoms with Crippen molar-refractivity contribution in [2.45, 2.75) is 0 Å². The fraction of sp³-hybridized carbons (Fsp3) is 0.211. The van der Waals surface area contributed by atoms with Gasteiger partial charge >= 0.3 is 0 Å². The van der Waals surface area contributed by atoms with E-state index in [2.05, 4.69) is 38.2 Å². The molecule has 0 aliphatic carbocycles. The summed E-state index contributed by atoms with van der Waals surface area (Å²) in [5.74, 6) is 0.625. The van der Waals surface area contributed by atoms with E-state index in [-0.39, 0.29) is 0 Å². The number of benzene rings is 2. The zero-order valence-electron chi connectivity index (χ0n) is 14.1. The largest absolute Gasteiger partial charge is 0.368 e. The Morgan fingerprint density at radius 3 is 2.23 bits per heavy atom. The van der Waals surface area contributed by atoms with E-state index < -0.39 is 0 Å². The van der Waals surface area contributed by atoms with Gasteiger partial charge in [-0.3, -0.25) is 0 Å². The molecular formula is C19H17ClN6. The number of piperazine rings is 1. The van der Waals surface area contributed by atoms with E-state index in [4.69, 9.17) is 11.6 Å². The van der Waals surface area contributed by atoms with Crippen LogP contribution >= 0.6 is 11.6 Å². The molecule has 0 amide bonds. The number of nitrogens with zero attached hydrogens (tertiary/aromatic N) is 6. The van der Waals surface area contributed by atoms with Gasteiger partial charge in [0.15, 0.2) is 5.82 Å². The van der Waals surface area contributed by atoms with Gasteiger partial charge in [0.2, 0.25) is 5.69 Å². The van der Waals surface area contributed by atoms with Gasteiger partial charge in [-0.1, -0.05) is 35.9 Å². The molecule has 1 aromatic heterocycles. The number of hydrogen-bond acceptors (Lipinski definition) is 5. The Kier molecular flexibility index (Phi) is 4.46. The molecule has 0 N–H and O–H groups in total. The Morgan fingerprint density at radius 1 is 0.846 bits per heavy atom. The van der Waals surface area contributed by atoms with Crippen LogP contribution in [0.25, 0.3) is 5.69 Å². The van der Waals surface area contributed by atoms with Crippen molar-refractivity contribution in [3.8, 4) is 11.8 Å². The number of rotatable bonds is 3. The Hall–Kier alpha value is -3.04. The van der Waals surface area contributed by atoms with Crippen LogP contribution in [0, 0.1) is 11.3 Å². The molecule has 26 heavy (non-hydrogen) atoms. The molecule has 1 aliphatic heterocycles. The minimum atomic E-state index is 0.332. The molecule has 1 aliphatic rings. The predicted octanol–water partition coefficient (Wildman–Crippen LogP) is 3.12. The van der Waals surface area contributed by atoms with Gasteiger partial charge < -0.3 is 9.80 Å². The Balaban J connectivity index is 1.54. The second kappa shape index (κ2) is 7.06. The minimum absolute atomic E-state index is 0.332. The minimum Gasteiger partial charge on any atom is -0.368 e. The van der Waals surface area contributed by atoms with Crippen molar-refractivity contribution >= 4 is 23.1 Å². The number of para-hydroxylation sites is 1. The summed E-state index contributed by atoms with van der Waals surface area (Å²) in [6, 6.07) is 19.8. The molecule has 0 saturated carbocycles. The topological polar surface area (TPSA) is 61.0 Å². The molecule has 1 fully saturated rings. The summed E-state index contributed by atoms with van der Waals surface area (Å²) in [6.07, 6.45) is 0. The molecule has 0 radical (unpaired) electrons. The van der Waals surface area contributed by atoms with Gasteiger partial charge in [0.05, 0.1) is 5.69 Å². The quantitative estimate of drug-likeness (QED) is 0.714. The third-order valence-electron chi connectivity index (χ3n) is 4.44. The molecule has 0 atom stereocenters. The third kappa shape index (κ3) is 3.22. The van der Waals surface area contributed by atoms with E-state index in [0.717, 1.165) is 31.9 Å². The van der Waals surface area contributed by atoms with E-state index in [9.17, 15) is 5.26 Å². The molecule has 6 nitrogen and oxygen atoms in total. The van der Waals surface area contributed by atoms with Crippen LogP contribution in [-0.2, 0) is 0 Å². The first-order valence-corrected chi connectivity index (χ1v) is 8.81. The van der Waals surface area contributed by atoms with Gasteiger partial charge in [-0.15, -0.1) is 15.0 Å². The van der Waals surface area contributed by atoms with Gasteiger partial charge in [-0.05, 0) is 30.3 Å². The summed E-state index contributed by atoms with van der Waals surface area (Å²) >= 11 is 6.05. The Labute approximate surface area is 156 Å². The first-order valence-electron chi connectivity index (χ1n) is 8.43. The van der Waals surface area contributed by atoms with E-state index in [0.29, 0.717) is 16.5 Å². The van der Waals surface area contributed by atoms with Crippen LogP contribution in [0.2, 0.25) is 5.02 Å². The Bertz CT molecular complexity index is 938. The maximum atomic E-state index is 9.46. The van der Waals surface area contributed by atoms with Crippen LogP contribution in [-0.4, -0.2) is 41.2 Å². The highest BCUT2D eigenvalue weighted by molar-refractivity contribution is 6.30. The van der Waals surface area contributed by atoms with Gasteiger partial charge in [-0.2, -0.15) is 5.26 Å². The van der Waals surface area contributed by atoms with Gasteiger partial charge in [0.1, 0.15) is 6.07 Å². The summed E-state index contributed by atoms with van der Waals surface area (Å²) in [6.45, 7) is 3.33. The molecule has 7 heteroatoms. The molecule has 0 unspecified atom stereocenters. The van der Waals surface area contributed by atoms with E-state index in [1.165, 1.54) is 10.5 Å². The second-order valence-corrected chi connectivity index (χ2v) is 6.50. The maximum Gasteiger partial charge on any atom is 0.207 e. The molecule has 2 heterocycles. The average Bonchev–Trinajstić information content (AvgIpc) is 3.13. The number of halogens is 1.